The van der Waals surface area contributed by atoms with Crippen molar-refractivity contribution in [1.82, 2.24) is 14.0 Å². The number of halogens is 1. The van der Waals surface area contributed by atoms with Gasteiger partial charge < -0.3 is 0 Å². The van der Waals surface area contributed by atoms with Gasteiger partial charge in [0.1, 0.15) is 0 Å². The minimum atomic E-state index is -0.289. The lowest BCUT2D eigenvalue weighted by atomic mass is 10.1. The predicted octanol–water partition coefficient (Wildman–Crippen LogP) is 2.82. The molecule has 24 heavy (non-hydrogen) atoms. The highest BCUT2D eigenvalue weighted by molar-refractivity contribution is 9.10. The summed E-state index contributed by atoms with van der Waals surface area (Å²) in [4.78, 5) is 26.4. The molecule has 0 unspecified atom stereocenters. The molecule has 0 N–H and O–H groups in total. The van der Waals surface area contributed by atoms with Gasteiger partial charge in [-0.05, 0) is 31.5 Å². The molecule has 0 saturated carbocycles. The van der Waals surface area contributed by atoms with E-state index in [2.05, 4.69) is 40.7 Å². The van der Waals surface area contributed by atoms with E-state index in [1.165, 1.54) is 12.6 Å². The number of benzene rings is 1. The lowest BCUT2D eigenvalue weighted by molar-refractivity contribution is 0.195. The molecule has 130 valence electrons. The maximum absolute atomic E-state index is 12.1. The molecule has 0 bridgehead atoms. The highest BCUT2D eigenvalue weighted by Gasteiger charge is 2.19. The van der Waals surface area contributed by atoms with E-state index in [0.29, 0.717) is 6.54 Å². The van der Waals surface area contributed by atoms with Crippen LogP contribution in [0.3, 0.4) is 0 Å². The van der Waals surface area contributed by atoms with Crippen LogP contribution in [0.1, 0.15) is 37.6 Å². The molecule has 6 heteroatoms. The molecule has 0 radical (unpaired) electrons. The summed E-state index contributed by atoms with van der Waals surface area (Å²) in [5.41, 5.74) is 1.37. The van der Waals surface area contributed by atoms with Crippen molar-refractivity contribution in [2.75, 3.05) is 6.54 Å². The monoisotopic (exact) mass is 393 g/mol. The number of hydrogen-bond donors (Lipinski definition) is 0. The first-order valence-corrected chi connectivity index (χ1v) is 8.90. The fourth-order valence-corrected chi connectivity index (χ4v) is 3.46. The maximum atomic E-state index is 12.1. The molecule has 1 heterocycles. The Morgan fingerprint density at radius 3 is 2.46 bits per heavy atom. The third kappa shape index (κ3) is 3.87. The SMILES string of the molecule is CCCN(Cc1cc(=O)n(C)c(=O)n1C)[C@@H](C)c1ccccc1Br. The van der Waals surface area contributed by atoms with Crippen molar-refractivity contribution in [3.8, 4) is 0 Å². The van der Waals surface area contributed by atoms with E-state index < -0.39 is 0 Å². The van der Waals surface area contributed by atoms with Gasteiger partial charge in [-0.3, -0.25) is 18.8 Å². The smallest absolute Gasteiger partial charge is 0.299 e. The summed E-state index contributed by atoms with van der Waals surface area (Å²) in [5, 5.41) is 0. The van der Waals surface area contributed by atoms with Gasteiger partial charge in [-0.1, -0.05) is 41.1 Å². The van der Waals surface area contributed by atoms with Gasteiger partial charge >= 0.3 is 5.69 Å². The minimum absolute atomic E-state index is 0.166. The van der Waals surface area contributed by atoms with Crippen LogP contribution in [0.5, 0.6) is 0 Å². The first-order valence-electron chi connectivity index (χ1n) is 8.11. The molecule has 5 nitrogen and oxygen atoms in total. The lowest BCUT2D eigenvalue weighted by Crippen LogP contribution is -2.40. The third-order valence-corrected chi connectivity index (χ3v) is 5.13. The highest BCUT2D eigenvalue weighted by Crippen LogP contribution is 2.28. The van der Waals surface area contributed by atoms with Crippen molar-refractivity contribution in [3.63, 3.8) is 0 Å². The van der Waals surface area contributed by atoms with Crippen molar-refractivity contribution in [2.24, 2.45) is 14.1 Å². The Morgan fingerprint density at radius 2 is 1.83 bits per heavy atom. The standard InChI is InChI=1S/C18H24BrN3O2/c1-5-10-22(13(2)15-8-6-7-9-16(15)19)12-14-11-17(23)21(4)18(24)20(14)3/h6-9,11,13H,5,10,12H2,1-4H3/t13-/m0/s1. The number of nitrogens with zero attached hydrogens (tertiary/aromatic N) is 3. The molecule has 1 aromatic heterocycles. The molecule has 0 saturated heterocycles. The minimum Gasteiger partial charge on any atom is -0.299 e. The van der Waals surface area contributed by atoms with Gasteiger partial charge in [-0.2, -0.15) is 0 Å². The van der Waals surface area contributed by atoms with Crippen molar-refractivity contribution in [2.45, 2.75) is 32.9 Å². The molecule has 0 aliphatic rings. The van der Waals surface area contributed by atoms with Gasteiger partial charge in [-0.25, -0.2) is 4.79 Å². The Hall–Kier alpha value is -1.66. The highest BCUT2D eigenvalue weighted by atomic mass is 79.9. The lowest BCUT2D eigenvalue weighted by Gasteiger charge is -2.30. The van der Waals surface area contributed by atoms with Crippen LogP contribution in [0.2, 0.25) is 0 Å². The summed E-state index contributed by atoms with van der Waals surface area (Å²) in [6.45, 7) is 5.71. The Balaban J connectivity index is 2.38. The molecule has 0 aliphatic heterocycles. The molecular weight excluding hydrogens is 370 g/mol. The fraction of sp³-hybridized carbons (Fsp3) is 0.444. The average Bonchev–Trinajstić information content (AvgIpc) is 2.57. The average molecular weight is 394 g/mol. The first-order chi connectivity index (χ1) is 11.4. The molecule has 1 atom stereocenters. The molecule has 1 aromatic carbocycles. The van der Waals surface area contributed by atoms with E-state index >= 15 is 0 Å². The van der Waals surface area contributed by atoms with Crippen LogP contribution in [0.25, 0.3) is 0 Å². The summed E-state index contributed by atoms with van der Waals surface area (Å²) < 4.78 is 3.75. The second-order valence-corrected chi connectivity index (χ2v) is 6.90. The molecule has 2 aromatic rings. The first kappa shape index (κ1) is 18.7. The Kier molecular flexibility index (Phi) is 6.18. The van der Waals surface area contributed by atoms with Crippen LogP contribution in [0.15, 0.2) is 44.4 Å². The van der Waals surface area contributed by atoms with Crippen molar-refractivity contribution < 1.29 is 0 Å². The topological polar surface area (TPSA) is 47.2 Å². The van der Waals surface area contributed by atoms with Crippen LogP contribution >= 0.6 is 15.9 Å². The zero-order valence-corrected chi connectivity index (χ0v) is 16.2. The molecular formula is C18H24BrN3O2. The van der Waals surface area contributed by atoms with E-state index in [-0.39, 0.29) is 17.3 Å². The zero-order valence-electron chi connectivity index (χ0n) is 14.6. The van der Waals surface area contributed by atoms with Gasteiger partial charge in [0.25, 0.3) is 5.56 Å². The summed E-state index contributed by atoms with van der Waals surface area (Å²) in [6, 6.07) is 9.87. The van der Waals surface area contributed by atoms with Gasteiger partial charge in [0, 0.05) is 42.9 Å². The normalized spacial score (nSPS) is 12.6. The van der Waals surface area contributed by atoms with Gasteiger partial charge in [-0.15, -0.1) is 0 Å². The van der Waals surface area contributed by atoms with Gasteiger partial charge in [0.05, 0.1) is 0 Å². The second kappa shape index (κ2) is 7.94. The fourth-order valence-electron chi connectivity index (χ4n) is 2.85. The van der Waals surface area contributed by atoms with Crippen molar-refractivity contribution in [1.29, 1.82) is 0 Å². The van der Waals surface area contributed by atoms with Crippen LogP contribution < -0.4 is 11.2 Å². The van der Waals surface area contributed by atoms with Crippen molar-refractivity contribution >= 4 is 15.9 Å². The Labute approximate surface area is 150 Å². The molecule has 2 rings (SSSR count). The van der Waals surface area contributed by atoms with E-state index in [1.807, 2.05) is 18.2 Å². The zero-order chi connectivity index (χ0) is 17.9. The quantitative estimate of drug-likeness (QED) is 0.757. The van der Waals surface area contributed by atoms with Gasteiger partial charge in [0.15, 0.2) is 0 Å². The molecule has 0 aliphatic carbocycles. The van der Waals surface area contributed by atoms with E-state index in [4.69, 9.17) is 0 Å². The van der Waals surface area contributed by atoms with Crippen LogP contribution in [-0.4, -0.2) is 20.6 Å². The number of hydrogen-bond acceptors (Lipinski definition) is 3. The van der Waals surface area contributed by atoms with E-state index in [1.54, 1.807) is 17.7 Å². The predicted molar refractivity (Wildman–Crippen MR) is 100 cm³/mol. The van der Waals surface area contributed by atoms with E-state index in [0.717, 1.165) is 27.7 Å². The summed E-state index contributed by atoms with van der Waals surface area (Å²) in [7, 11) is 3.21. The molecule has 0 spiro atoms. The summed E-state index contributed by atoms with van der Waals surface area (Å²) >= 11 is 3.61. The van der Waals surface area contributed by atoms with Crippen LogP contribution in [0, 0.1) is 0 Å². The van der Waals surface area contributed by atoms with Crippen LogP contribution in [-0.2, 0) is 20.6 Å². The molecule has 0 fully saturated rings. The van der Waals surface area contributed by atoms with Crippen molar-refractivity contribution in [3.05, 3.63) is 66.9 Å². The van der Waals surface area contributed by atoms with Crippen LogP contribution in [0.4, 0.5) is 0 Å². The Morgan fingerprint density at radius 1 is 1.17 bits per heavy atom. The third-order valence-electron chi connectivity index (χ3n) is 4.40. The van der Waals surface area contributed by atoms with E-state index in [9.17, 15) is 9.59 Å². The molecule has 0 amide bonds. The Bertz CT molecular complexity index is 826. The van der Waals surface area contributed by atoms with Gasteiger partial charge in [0.2, 0.25) is 0 Å². The summed E-state index contributed by atoms with van der Waals surface area (Å²) in [5.74, 6) is 0. The largest absolute Gasteiger partial charge is 0.330 e. The number of rotatable bonds is 6. The second-order valence-electron chi connectivity index (χ2n) is 6.04. The number of aromatic nitrogens is 2. The maximum Gasteiger partial charge on any atom is 0.330 e. The summed E-state index contributed by atoms with van der Waals surface area (Å²) in [6.07, 6.45) is 0.994.